The van der Waals surface area contributed by atoms with Crippen LogP contribution in [-0.4, -0.2) is 16.5 Å². The zero-order valence-corrected chi connectivity index (χ0v) is 8.38. The summed E-state index contributed by atoms with van der Waals surface area (Å²) in [7, 11) is 0. The molecule has 0 unspecified atom stereocenters. The second-order valence-corrected chi connectivity index (χ2v) is 5.51. The Hall–Kier alpha value is -0.630. The highest BCUT2D eigenvalue weighted by Gasteiger charge is 2.60. The Balaban J connectivity index is 2.03. The van der Waals surface area contributed by atoms with Crippen molar-refractivity contribution in [1.82, 2.24) is 0 Å². The molecule has 14 heavy (non-hydrogen) atoms. The van der Waals surface area contributed by atoms with Gasteiger partial charge in [-0.15, -0.1) is 0 Å². The number of carbonyl (C=O) groups is 1. The third kappa shape index (κ3) is 0.876. The van der Waals surface area contributed by atoms with Crippen molar-refractivity contribution in [3.63, 3.8) is 0 Å². The van der Waals surface area contributed by atoms with Gasteiger partial charge in [0.05, 0.1) is 5.60 Å². The van der Waals surface area contributed by atoms with Crippen molar-refractivity contribution in [1.29, 1.82) is 0 Å². The monoisotopic (exact) mass is 192 g/mol. The number of Topliss-reactive ketones (excluding diaryl/α,β-unsaturated/α-hetero) is 1. The topological polar surface area (TPSA) is 37.3 Å². The molecule has 0 amide bonds. The van der Waals surface area contributed by atoms with Crippen LogP contribution in [0.1, 0.15) is 38.5 Å². The Morgan fingerprint density at radius 3 is 3.00 bits per heavy atom. The van der Waals surface area contributed by atoms with Crippen LogP contribution < -0.4 is 0 Å². The lowest BCUT2D eigenvalue weighted by atomic mass is 9.68. The second kappa shape index (κ2) is 2.30. The summed E-state index contributed by atoms with van der Waals surface area (Å²) < 4.78 is 0. The van der Waals surface area contributed by atoms with E-state index in [1.807, 2.05) is 0 Å². The number of rotatable bonds is 0. The van der Waals surface area contributed by atoms with Gasteiger partial charge in [0, 0.05) is 12.8 Å². The number of aliphatic hydroxyl groups is 1. The molecule has 0 saturated heterocycles. The molecule has 2 nitrogen and oxygen atoms in total. The van der Waals surface area contributed by atoms with Gasteiger partial charge >= 0.3 is 0 Å². The van der Waals surface area contributed by atoms with Gasteiger partial charge in [-0.1, -0.05) is 6.58 Å². The van der Waals surface area contributed by atoms with E-state index in [1.54, 1.807) is 0 Å². The van der Waals surface area contributed by atoms with E-state index in [0.717, 1.165) is 37.7 Å². The van der Waals surface area contributed by atoms with Crippen LogP contribution >= 0.6 is 0 Å². The van der Waals surface area contributed by atoms with Gasteiger partial charge in [-0.05, 0) is 42.6 Å². The van der Waals surface area contributed by atoms with Gasteiger partial charge < -0.3 is 5.11 Å². The maximum Gasteiger partial charge on any atom is 0.133 e. The summed E-state index contributed by atoms with van der Waals surface area (Å²) in [6.45, 7) is 3.99. The molecule has 2 heteroatoms. The van der Waals surface area contributed by atoms with E-state index < -0.39 is 5.60 Å². The summed E-state index contributed by atoms with van der Waals surface area (Å²) in [5.74, 6) is 0.934. The zero-order chi connectivity index (χ0) is 9.97. The molecule has 3 aliphatic rings. The summed E-state index contributed by atoms with van der Waals surface area (Å²) in [5, 5.41) is 10.3. The fourth-order valence-corrected chi connectivity index (χ4v) is 3.96. The standard InChI is InChI=1S/C12H16O2/c1-8-5-11-6-10(13)4-9(11)2-3-12(8,14)7-11/h9,14H,1-7H2/t9-,11-,12-/m0/s1. The minimum absolute atomic E-state index is 0.112. The molecule has 0 aromatic heterocycles. The van der Waals surface area contributed by atoms with E-state index >= 15 is 0 Å². The number of carbonyl (C=O) groups excluding carboxylic acids is 1. The van der Waals surface area contributed by atoms with Crippen LogP contribution in [0.3, 0.4) is 0 Å². The Labute approximate surface area is 84.0 Å². The SMILES string of the molecule is C=C1C[C@@]23CC(=O)C[C@@H]2CC[C@]1(O)C3. The number of fused-ring (bicyclic) bond motifs is 1. The molecular weight excluding hydrogens is 176 g/mol. The van der Waals surface area contributed by atoms with Crippen molar-refractivity contribution in [2.24, 2.45) is 11.3 Å². The molecule has 0 aromatic rings. The molecule has 3 saturated carbocycles. The fraction of sp³-hybridized carbons (Fsp3) is 0.750. The first-order chi connectivity index (χ1) is 6.54. The summed E-state index contributed by atoms with van der Waals surface area (Å²) in [5.41, 5.74) is 0.470. The summed E-state index contributed by atoms with van der Waals surface area (Å²) in [6.07, 6.45) is 4.98. The van der Waals surface area contributed by atoms with E-state index in [1.165, 1.54) is 0 Å². The Morgan fingerprint density at radius 2 is 2.21 bits per heavy atom. The average molecular weight is 192 g/mol. The van der Waals surface area contributed by atoms with E-state index in [2.05, 4.69) is 6.58 Å². The third-order valence-electron chi connectivity index (χ3n) is 4.66. The van der Waals surface area contributed by atoms with Gasteiger partial charge in [0.25, 0.3) is 0 Å². The average Bonchev–Trinajstić information content (AvgIpc) is 2.48. The molecule has 0 aromatic carbocycles. The van der Waals surface area contributed by atoms with Gasteiger partial charge in [-0.25, -0.2) is 0 Å². The highest BCUT2D eigenvalue weighted by Crippen LogP contribution is 2.63. The van der Waals surface area contributed by atoms with Crippen LogP contribution in [0.5, 0.6) is 0 Å². The summed E-state index contributed by atoms with van der Waals surface area (Å²) >= 11 is 0. The highest BCUT2D eigenvalue weighted by atomic mass is 16.3. The van der Waals surface area contributed by atoms with Crippen LogP contribution in [0.25, 0.3) is 0 Å². The molecular formula is C12H16O2. The Morgan fingerprint density at radius 1 is 1.43 bits per heavy atom. The maximum absolute atomic E-state index is 11.5. The van der Waals surface area contributed by atoms with Crippen LogP contribution in [0, 0.1) is 11.3 Å². The van der Waals surface area contributed by atoms with Crippen LogP contribution in [0.15, 0.2) is 12.2 Å². The van der Waals surface area contributed by atoms with E-state index in [4.69, 9.17) is 0 Å². The van der Waals surface area contributed by atoms with Crippen molar-refractivity contribution in [2.75, 3.05) is 0 Å². The molecule has 0 heterocycles. The normalized spacial score (nSPS) is 51.1. The second-order valence-electron chi connectivity index (χ2n) is 5.51. The van der Waals surface area contributed by atoms with Crippen LogP contribution in [-0.2, 0) is 4.79 Å². The molecule has 3 fully saturated rings. The van der Waals surface area contributed by atoms with E-state index in [9.17, 15) is 9.90 Å². The van der Waals surface area contributed by atoms with Crippen LogP contribution in [0.2, 0.25) is 0 Å². The first kappa shape index (κ1) is 8.66. The van der Waals surface area contributed by atoms with Crippen molar-refractivity contribution in [3.05, 3.63) is 12.2 Å². The van der Waals surface area contributed by atoms with Crippen molar-refractivity contribution >= 4 is 5.78 Å². The zero-order valence-electron chi connectivity index (χ0n) is 8.38. The Kier molecular flexibility index (Phi) is 1.42. The molecule has 1 N–H and O–H groups in total. The predicted molar refractivity (Wildman–Crippen MR) is 52.7 cm³/mol. The lowest BCUT2D eigenvalue weighted by Gasteiger charge is -2.38. The lowest BCUT2D eigenvalue weighted by Crippen LogP contribution is -2.36. The summed E-state index contributed by atoms with van der Waals surface area (Å²) in [4.78, 5) is 11.5. The van der Waals surface area contributed by atoms with Crippen LogP contribution in [0.4, 0.5) is 0 Å². The largest absolute Gasteiger partial charge is 0.386 e. The third-order valence-corrected chi connectivity index (χ3v) is 4.66. The molecule has 0 radical (unpaired) electrons. The van der Waals surface area contributed by atoms with E-state index in [-0.39, 0.29) is 5.41 Å². The predicted octanol–water partition coefficient (Wildman–Crippen LogP) is 1.83. The first-order valence-electron chi connectivity index (χ1n) is 5.46. The maximum atomic E-state index is 11.5. The summed E-state index contributed by atoms with van der Waals surface area (Å²) in [6, 6.07) is 0. The van der Waals surface area contributed by atoms with Gasteiger partial charge in [0.15, 0.2) is 0 Å². The number of hydrogen-bond acceptors (Lipinski definition) is 2. The van der Waals surface area contributed by atoms with Crippen molar-refractivity contribution in [3.8, 4) is 0 Å². The van der Waals surface area contributed by atoms with Gasteiger partial charge in [-0.3, -0.25) is 4.79 Å². The van der Waals surface area contributed by atoms with Crippen molar-refractivity contribution < 1.29 is 9.90 Å². The molecule has 0 aliphatic heterocycles. The Bertz CT molecular complexity index is 333. The first-order valence-corrected chi connectivity index (χ1v) is 5.46. The molecule has 3 atom stereocenters. The fourth-order valence-electron chi connectivity index (χ4n) is 3.96. The van der Waals surface area contributed by atoms with Gasteiger partial charge in [-0.2, -0.15) is 0 Å². The number of hydrogen-bond donors (Lipinski definition) is 1. The van der Waals surface area contributed by atoms with Crippen molar-refractivity contribution in [2.45, 2.75) is 44.1 Å². The minimum atomic E-state index is -0.624. The number of ketones is 1. The molecule has 3 aliphatic carbocycles. The molecule has 1 spiro atoms. The van der Waals surface area contributed by atoms with E-state index in [0.29, 0.717) is 18.1 Å². The minimum Gasteiger partial charge on any atom is -0.386 e. The molecule has 3 rings (SSSR count). The molecule has 76 valence electrons. The lowest BCUT2D eigenvalue weighted by molar-refractivity contribution is -0.118. The quantitative estimate of drug-likeness (QED) is 0.594. The van der Waals surface area contributed by atoms with Gasteiger partial charge in [0.2, 0.25) is 0 Å². The smallest absolute Gasteiger partial charge is 0.133 e. The molecule has 2 bridgehead atoms. The highest BCUT2D eigenvalue weighted by molar-refractivity contribution is 5.82. The van der Waals surface area contributed by atoms with Gasteiger partial charge in [0.1, 0.15) is 5.78 Å².